The molecule has 27 heavy (non-hydrogen) atoms. The van der Waals surface area contributed by atoms with Gasteiger partial charge in [-0.05, 0) is 0 Å². The summed E-state index contributed by atoms with van der Waals surface area (Å²) >= 11 is 1.34. The van der Waals surface area contributed by atoms with E-state index < -0.39 is 14.6 Å². The van der Waals surface area contributed by atoms with E-state index in [0.717, 1.165) is 0 Å². The van der Waals surface area contributed by atoms with Crippen molar-refractivity contribution >= 4 is 54.2 Å². The van der Waals surface area contributed by atoms with Gasteiger partial charge in [-0.3, -0.25) is 0 Å². The van der Waals surface area contributed by atoms with Gasteiger partial charge in [0.1, 0.15) is 0 Å². The molecule has 0 bridgehead atoms. The van der Waals surface area contributed by atoms with Gasteiger partial charge in [0.25, 0.3) is 0 Å². The second-order valence-corrected chi connectivity index (χ2v) is 8.32. The molecular formula is CH36Mg2O22S2. The van der Waals surface area contributed by atoms with E-state index in [1.165, 1.54) is 0 Å². The minimum atomic E-state index is -3.33. The molecule has 0 aliphatic carbocycles. The van der Waals surface area contributed by atoms with E-state index in [2.05, 4.69) is 8.67 Å². The van der Waals surface area contributed by atoms with Crippen molar-refractivity contribution in [1.29, 1.82) is 0 Å². The number of hydrogen-bond donors (Lipinski definition) is 4. The van der Waals surface area contributed by atoms with Crippen molar-refractivity contribution in [2.75, 3.05) is 0 Å². The van der Waals surface area contributed by atoms with Crippen LogP contribution in [0.3, 0.4) is 0 Å². The van der Waals surface area contributed by atoms with Crippen molar-refractivity contribution in [1.82, 2.24) is 0 Å². The fourth-order valence-electron chi connectivity index (χ4n) is 0. The van der Waals surface area contributed by atoms with Crippen molar-refractivity contribution in [3.05, 3.63) is 0 Å². The summed E-state index contributed by atoms with van der Waals surface area (Å²) in [7, 11) is -6.66. The molecule has 0 aromatic heterocycles. The normalized spacial score (nSPS) is 8.89. The van der Waals surface area contributed by atoms with Crippen molar-refractivity contribution in [2.45, 2.75) is 7.43 Å². The Labute approximate surface area is 174 Å². The van der Waals surface area contributed by atoms with Gasteiger partial charge in [0.2, 0.25) is 0 Å². The zero-order valence-corrected chi connectivity index (χ0v) is 17.1. The first kappa shape index (κ1) is 168. The van der Waals surface area contributed by atoms with Crippen LogP contribution in [0.15, 0.2) is 0 Å². The molecule has 0 fully saturated rings. The van der Waals surface area contributed by atoms with Crippen LogP contribution >= 0.6 is 0 Å². The van der Waals surface area contributed by atoms with Crippen LogP contribution in [0, 0.1) is 0 Å². The van der Waals surface area contributed by atoms with Crippen LogP contribution in [-0.4, -0.2) is 144 Å². The molecule has 0 amide bonds. The Bertz CT molecular complexity index is 262. The standard InChI is InChI=1S/CH4.2Mg.2H2O4S.14H2O/c;;;2*1-4-5(2)3;;;;;;;;;;;;;;/h1H4;;;2*1H,(H,2,3);14*1H2. The molecule has 26 heteroatoms. The van der Waals surface area contributed by atoms with Gasteiger partial charge >= 0.3 is 90.9 Å². The Balaban J connectivity index is -0.00000000317. The molecule has 0 saturated carbocycles. The summed E-state index contributed by atoms with van der Waals surface area (Å²) in [6.07, 6.45) is 0. The third kappa shape index (κ3) is 343. The molecule has 188 valence electrons. The van der Waals surface area contributed by atoms with Gasteiger partial charge in [-0.1, -0.05) is 7.43 Å². The van der Waals surface area contributed by atoms with Gasteiger partial charge in [0, 0.05) is 0 Å². The fourth-order valence-corrected chi connectivity index (χ4v) is 0. The zero-order chi connectivity index (χ0) is 10.4. The van der Waals surface area contributed by atoms with E-state index in [4.69, 9.17) is 19.6 Å². The molecule has 0 aliphatic rings. The second-order valence-electron chi connectivity index (χ2n) is 1.31. The van der Waals surface area contributed by atoms with Gasteiger partial charge in [-0.15, -0.1) is 0 Å². The van der Waals surface area contributed by atoms with Gasteiger partial charge in [-0.2, -0.15) is 0 Å². The molecule has 0 radical (unpaired) electrons. The zero-order valence-electron chi connectivity index (χ0n) is 12.7. The Morgan fingerprint density at radius 1 is 0.481 bits per heavy atom. The van der Waals surface area contributed by atoms with Gasteiger partial charge in [0.05, 0.1) is 0 Å². The third-order valence-electron chi connectivity index (χ3n) is 0.233. The van der Waals surface area contributed by atoms with E-state index in [1.54, 1.807) is 0 Å². The summed E-state index contributed by atoms with van der Waals surface area (Å²) in [5.41, 5.74) is 0. The molecule has 22 nitrogen and oxygen atoms in total. The summed E-state index contributed by atoms with van der Waals surface area (Å²) in [5.74, 6) is 0. The maximum absolute atomic E-state index is 9.65. The van der Waals surface area contributed by atoms with E-state index in [1.807, 2.05) is 0 Å². The molecule has 32 N–H and O–H groups in total. The third-order valence-corrected chi connectivity index (χ3v) is 1.33. The monoisotopic (exact) mass is 512 g/mol. The molecule has 0 aromatic carbocycles. The number of hydrogen-bond acceptors (Lipinski definition) is 6. The van der Waals surface area contributed by atoms with E-state index in [9.17, 15) is 8.42 Å². The quantitative estimate of drug-likeness (QED) is 0.156. The van der Waals surface area contributed by atoms with Crippen LogP contribution in [0.2, 0.25) is 0 Å². The topological polar surface area (TPSA) is 575 Å². The number of rotatable bonds is 2. The average Bonchev–Trinajstić information content (AvgIpc) is 1.86. The molecule has 0 aliphatic heterocycles. The Hall–Kier alpha value is 1.03. The van der Waals surface area contributed by atoms with Gasteiger partial charge in [0.15, 0.2) is 0 Å². The molecule has 2 unspecified atom stereocenters. The van der Waals surface area contributed by atoms with Gasteiger partial charge in [-0.25, -0.2) is 0 Å². The Kier molecular flexibility index (Phi) is 505. The molecule has 0 heterocycles. The van der Waals surface area contributed by atoms with E-state index in [0.29, 0.717) is 39.6 Å². The molecule has 2 atom stereocenters. The average molecular weight is 513 g/mol. The first-order chi connectivity index (χ1) is 5.12. The predicted octanol–water partition coefficient (Wildman–Crippen LogP) is -12.4. The maximum atomic E-state index is 9.65. The van der Waals surface area contributed by atoms with Crippen LogP contribution in [0.4, 0.5) is 0 Å². The van der Waals surface area contributed by atoms with Gasteiger partial charge < -0.3 is 76.7 Å². The summed E-state index contributed by atoms with van der Waals surface area (Å²) in [5, 5.41) is 14.8. The summed E-state index contributed by atoms with van der Waals surface area (Å²) in [4.78, 5) is 0. The first-order valence-corrected chi connectivity index (χ1v) is 8.66. The van der Waals surface area contributed by atoms with Crippen molar-refractivity contribution in [3.63, 3.8) is 0 Å². The van der Waals surface area contributed by atoms with Crippen LogP contribution in [0.1, 0.15) is 7.43 Å². The predicted molar refractivity (Wildman–Crippen MR) is 97.8 cm³/mol. The molecular weight excluding hydrogens is 477 g/mol. The second kappa shape index (κ2) is 81.1. The summed E-state index contributed by atoms with van der Waals surface area (Å²) in [6, 6.07) is 0. The van der Waals surface area contributed by atoms with Crippen LogP contribution in [-0.2, 0) is 23.3 Å². The van der Waals surface area contributed by atoms with Crippen molar-refractivity contribution < 1.29 is 113 Å². The van der Waals surface area contributed by atoms with Crippen LogP contribution in [0.5, 0.6) is 0 Å². The van der Waals surface area contributed by atoms with Crippen molar-refractivity contribution in [3.8, 4) is 0 Å². The summed E-state index contributed by atoms with van der Waals surface area (Å²) < 4.78 is 41.2. The Morgan fingerprint density at radius 2 is 0.519 bits per heavy atom. The molecule has 0 saturated heterocycles. The fraction of sp³-hybridized carbons (Fsp3) is 1.00. The molecule has 0 aromatic rings. The van der Waals surface area contributed by atoms with E-state index in [-0.39, 0.29) is 84.1 Å². The van der Waals surface area contributed by atoms with E-state index >= 15 is 0 Å². The van der Waals surface area contributed by atoms with Crippen LogP contribution < -0.4 is 0 Å². The van der Waals surface area contributed by atoms with Crippen LogP contribution in [0.25, 0.3) is 0 Å². The molecule has 0 spiro atoms. The SMILES string of the molecule is C.O.O.O.O.O.O.O.O.O.O.O.O.O.O.O=[S](O)(=[Mg])OO.O=[S](O)(=[Mg])OO. The minimum absolute atomic E-state index is 0. The first-order valence-electron chi connectivity index (χ1n) is 1.97. The Morgan fingerprint density at radius 3 is 0.519 bits per heavy atom. The summed E-state index contributed by atoms with van der Waals surface area (Å²) in [6.45, 7) is 0. The van der Waals surface area contributed by atoms with Crippen molar-refractivity contribution in [2.24, 2.45) is 0 Å². The molecule has 0 rings (SSSR count).